The number of rotatable bonds is 7. The Labute approximate surface area is 185 Å². The number of nitrogens with zero attached hydrogens (tertiary/aromatic N) is 2. The standard InChI is InChI=1S/C21H31N3OS.HI/c1-2-22-21(23-12-8-18-10-14-25-15-11-18)24-13-9-19(16-24)17-26-20-6-4-3-5-7-20;/h3-7,10,19H,2,8-9,11-17H2,1H3,(H,22,23);1H. The third-order valence-corrected chi connectivity index (χ3v) is 6.14. The fourth-order valence-electron chi connectivity index (χ4n) is 3.42. The second kappa shape index (κ2) is 12.7. The topological polar surface area (TPSA) is 36.9 Å². The zero-order valence-electron chi connectivity index (χ0n) is 16.2. The SMILES string of the molecule is CCNC(=NCCC1=CCOCC1)N1CCC(CSc2ccccc2)C1.I. The highest BCUT2D eigenvalue weighted by molar-refractivity contribution is 14.0. The van der Waals surface area contributed by atoms with Gasteiger partial charge >= 0.3 is 0 Å². The number of thioether (sulfide) groups is 1. The van der Waals surface area contributed by atoms with E-state index in [0.717, 1.165) is 64.1 Å². The first-order valence-corrected chi connectivity index (χ1v) is 10.8. The maximum atomic E-state index is 5.38. The maximum absolute atomic E-state index is 5.38. The Morgan fingerprint density at radius 1 is 1.33 bits per heavy atom. The molecule has 1 aromatic carbocycles. The summed E-state index contributed by atoms with van der Waals surface area (Å²) in [5.41, 5.74) is 1.49. The lowest BCUT2D eigenvalue weighted by molar-refractivity contribution is 0.153. The Balaban J connectivity index is 0.00000261. The van der Waals surface area contributed by atoms with E-state index < -0.39 is 0 Å². The monoisotopic (exact) mass is 501 g/mol. The number of guanidine groups is 1. The molecule has 0 saturated carbocycles. The summed E-state index contributed by atoms with van der Waals surface area (Å²) >= 11 is 1.98. The molecule has 1 N–H and O–H groups in total. The minimum atomic E-state index is 0. The van der Waals surface area contributed by atoms with Crippen LogP contribution in [0.4, 0.5) is 0 Å². The number of ether oxygens (including phenoxy) is 1. The number of benzene rings is 1. The summed E-state index contributed by atoms with van der Waals surface area (Å²) in [5, 5.41) is 3.48. The fraction of sp³-hybridized carbons (Fsp3) is 0.571. The third kappa shape index (κ3) is 7.66. The number of nitrogens with one attached hydrogen (secondary N) is 1. The molecule has 4 nitrogen and oxygen atoms in total. The Bertz CT molecular complexity index is 609. The molecule has 1 fully saturated rings. The lowest BCUT2D eigenvalue weighted by Gasteiger charge is -2.22. The molecule has 0 aromatic heterocycles. The van der Waals surface area contributed by atoms with Crippen molar-refractivity contribution >= 4 is 41.7 Å². The number of hydrogen-bond donors (Lipinski definition) is 1. The van der Waals surface area contributed by atoms with Crippen molar-refractivity contribution in [2.45, 2.75) is 31.1 Å². The van der Waals surface area contributed by atoms with Crippen molar-refractivity contribution in [3.05, 3.63) is 42.0 Å². The average Bonchev–Trinajstić information content (AvgIpc) is 3.16. The molecule has 1 atom stereocenters. The van der Waals surface area contributed by atoms with Crippen LogP contribution in [0.5, 0.6) is 0 Å². The summed E-state index contributed by atoms with van der Waals surface area (Å²) in [6.07, 6.45) is 5.60. The number of aliphatic imine (C=N–C) groups is 1. The minimum absolute atomic E-state index is 0. The van der Waals surface area contributed by atoms with Gasteiger partial charge in [0.25, 0.3) is 0 Å². The first-order valence-electron chi connectivity index (χ1n) is 9.82. The average molecular weight is 501 g/mol. The fourth-order valence-corrected chi connectivity index (χ4v) is 4.47. The molecule has 0 bridgehead atoms. The molecule has 0 amide bonds. The molecule has 27 heavy (non-hydrogen) atoms. The minimum Gasteiger partial charge on any atom is -0.377 e. The third-order valence-electron chi connectivity index (χ3n) is 4.90. The van der Waals surface area contributed by atoms with Crippen molar-refractivity contribution < 1.29 is 4.74 Å². The van der Waals surface area contributed by atoms with E-state index in [-0.39, 0.29) is 24.0 Å². The first-order chi connectivity index (χ1) is 12.8. The van der Waals surface area contributed by atoms with E-state index in [9.17, 15) is 0 Å². The second-order valence-electron chi connectivity index (χ2n) is 6.90. The first kappa shape index (κ1) is 22.6. The number of hydrogen-bond acceptors (Lipinski definition) is 3. The summed E-state index contributed by atoms with van der Waals surface area (Å²) in [6, 6.07) is 10.7. The Morgan fingerprint density at radius 3 is 2.93 bits per heavy atom. The molecular weight excluding hydrogens is 469 g/mol. The van der Waals surface area contributed by atoms with Gasteiger partial charge in [0.1, 0.15) is 0 Å². The van der Waals surface area contributed by atoms with Gasteiger partial charge in [-0.05, 0) is 44.2 Å². The molecule has 1 saturated heterocycles. The lowest BCUT2D eigenvalue weighted by Crippen LogP contribution is -2.40. The summed E-state index contributed by atoms with van der Waals surface area (Å²) in [7, 11) is 0. The van der Waals surface area contributed by atoms with Gasteiger partial charge in [-0.25, -0.2) is 0 Å². The molecule has 2 aliphatic heterocycles. The normalized spacial score (nSPS) is 20.2. The van der Waals surface area contributed by atoms with E-state index >= 15 is 0 Å². The summed E-state index contributed by atoms with van der Waals surface area (Å²) in [6.45, 7) is 7.80. The zero-order chi connectivity index (χ0) is 18.0. The van der Waals surface area contributed by atoms with E-state index in [1.165, 1.54) is 22.6 Å². The van der Waals surface area contributed by atoms with Crippen LogP contribution >= 0.6 is 35.7 Å². The Morgan fingerprint density at radius 2 is 2.19 bits per heavy atom. The molecule has 0 radical (unpaired) electrons. The van der Waals surface area contributed by atoms with Gasteiger partial charge < -0.3 is 15.0 Å². The van der Waals surface area contributed by atoms with Crippen molar-refractivity contribution in [3.63, 3.8) is 0 Å². The van der Waals surface area contributed by atoms with Crippen LogP contribution in [-0.2, 0) is 4.74 Å². The van der Waals surface area contributed by atoms with Crippen LogP contribution in [0.3, 0.4) is 0 Å². The van der Waals surface area contributed by atoms with E-state index in [4.69, 9.17) is 9.73 Å². The zero-order valence-corrected chi connectivity index (χ0v) is 19.4. The molecule has 150 valence electrons. The molecule has 2 heterocycles. The maximum Gasteiger partial charge on any atom is 0.193 e. The van der Waals surface area contributed by atoms with Crippen LogP contribution in [0.2, 0.25) is 0 Å². The van der Waals surface area contributed by atoms with E-state index in [0.29, 0.717) is 0 Å². The Hall–Kier alpha value is -0.730. The molecule has 1 aromatic rings. The summed E-state index contributed by atoms with van der Waals surface area (Å²) < 4.78 is 5.38. The predicted octanol–water partition coefficient (Wildman–Crippen LogP) is 4.42. The van der Waals surface area contributed by atoms with Gasteiger partial charge in [-0.2, -0.15) is 0 Å². The van der Waals surface area contributed by atoms with Crippen molar-refractivity contribution in [1.82, 2.24) is 10.2 Å². The highest BCUT2D eigenvalue weighted by Gasteiger charge is 2.24. The smallest absolute Gasteiger partial charge is 0.193 e. The molecule has 0 aliphatic carbocycles. The van der Waals surface area contributed by atoms with Gasteiger partial charge in [0.15, 0.2) is 5.96 Å². The van der Waals surface area contributed by atoms with Crippen LogP contribution in [0.15, 0.2) is 51.9 Å². The van der Waals surface area contributed by atoms with E-state index in [1.54, 1.807) is 0 Å². The molecule has 0 spiro atoms. The van der Waals surface area contributed by atoms with Crippen LogP contribution < -0.4 is 5.32 Å². The van der Waals surface area contributed by atoms with E-state index in [2.05, 4.69) is 53.5 Å². The molecule has 1 unspecified atom stereocenters. The molecule has 2 aliphatic rings. The van der Waals surface area contributed by atoms with Gasteiger partial charge in [0.2, 0.25) is 0 Å². The highest BCUT2D eigenvalue weighted by Crippen LogP contribution is 2.26. The van der Waals surface area contributed by atoms with Crippen molar-refractivity contribution in [3.8, 4) is 0 Å². The largest absolute Gasteiger partial charge is 0.377 e. The predicted molar refractivity (Wildman–Crippen MR) is 126 cm³/mol. The number of likely N-dealkylation sites (tertiary alicyclic amines) is 1. The van der Waals surface area contributed by atoms with Gasteiger partial charge in [-0.3, -0.25) is 4.99 Å². The lowest BCUT2D eigenvalue weighted by atomic mass is 10.1. The molecule has 3 rings (SSSR count). The van der Waals surface area contributed by atoms with Crippen molar-refractivity contribution in [2.75, 3.05) is 45.1 Å². The number of halogens is 1. The van der Waals surface area contributed by atoms with Crippen molar-refractivity contribution in [1.29, 1.82) is 0 Å². The van der Waals surface area contributed by atoms with Crippen LogP contribution in [0.25, 0.3) is 0 Å². The van der Waals surface area contributed by atoms with Crippen LogP contribution in [0, 0.1) is 5.92 Å². The quantitative estimate of drug-likeness (QED) is 0.197. The summed E-state index contributed by atoms with van der Waals surface area (Å²) in [4.78, 5) is 8.70. The van der Waals surface area contributed by atoms with Gasteiger partial charge in [0.05, 0.1) is 13.2 Å². The van der Waals surface area contributed by atoms with E-state index in [1.807, 2.05) is 11.8 Å². The van der Waals surface area contributed by atoms with Crippen LogP contribution in [0.1, 0.15) is 26.2 Å². The van der Waals surface area contributed by atoms with Crippen molar-refractivity contribution in [2.24, 2.45) is 10.9 Å². The second-order valence-corrected chi connectivity index (χ2v) is 7.99. The summed E-state index contributed by atoms with van der Waals surface area (Å²) in [5.74, 6) is 3.02. The van der Waals surface area contributed by atoms with Gasteiger partial charge in [-0.15, -0.1) is 35.7 Å². The van der Waals surface area contributed by atoms with Crippen LogP contribution in [-0.4, -0.2) is 56.0 Å². The van der Waals surface area contributed by atoms with Gasteiger partial charge in [-0.1, -0.05) is 29.8 Å². The molecular formula is C21H32IN3OS. The highest BCUT2D eigenvalue weighted by atomic mass is 127. The molecule has 6 heteroatoms. The Kier molecular flexibility index (Phi) is 10.6. The van der Waals surface area contributed by atoms with Gasteiger partial charge in [0, 0.05) is 36.8 Å².